The number of amides is 1. The molecule has 23 heavy (non-hydrogen) atoms. The molecular formula is C16H18ClN3O3. The highest BCUT2D eigenvalue weighted by Gasteiger charge is 2.26. The van der Waals surface area contributed by atoms with E-state index in [0.717, 1.165) is 0 Å². The van der Waals surface area contributed by atoms with Gasteiger partial charge in [0.2, 0.25) is 5.91 Å². The molecule has 0 N–H and O–H groups in total. The normalized spacial score (nSPS) is 21.6. The van der Waals surface area contributed by atoms with Gasteiger partial charge in [-0.05, 0) is 32.0 Å². The van der Waals surface area contributed by atoms with Crippen molar-refractivity contribution < 1.29 is 9.53 Å². The summed E-state index contributed by atoms with van der Waals surface area (Å²) in [6.07, 6.45) is 1.39. The number of rotatable bonds is 2. The van der Waals surface area contributed by atoms with Crippen LogP contribution in [-0.4, -0.2) is 45.7 Å². The summed E-state index contributed by atoms with van der Waals surface area (Å²) in [5, 5.41) is 0.882. The fourth-order valence-corrected chi connectivity index (χ4v) is 3.04. The van der Waals surface area contributed by atoms with Gasteiger partial charge >= 0.3 is 0 Å². The van der Waals surface area contributed by atoms with Crippen LogP contribution in [0.2, 0.25) is 5.02 Å². The van der Waals surface area contributed by atoms with Gasteiger partial charge in [-0.15, -0.1) is 0 Å². The quantitative estimate of drug-likeness (QED) is 0.837. The lowest BCUT2D eigenvalue weighted by atomic mass is 10.2. The first-order valence-electron chi connectivity index (χ1n) is 7.52. The van der Waals surface area contributed by atoms with E-state index in [9.17, 15) is 9.59 Å². The minimum absolute atomic E-state index is 0.00652. The number of benzene rings is 1. The average molecular weight is 336 g/mol. The largest absolute Gasteiger partial charge is 0.372 e. The Hall–Kier alpha value is -1.92. The fourth-order valence-electron chi connectivity index (χ4n) is 2.87. The maximum absolute atomic E-state index is 12.5. The highest BCUT2D eigenvalue weighted by atomic mass is 35.5. The van der Waals surface area contributed by atoms with E-state index in [1.54, 1.807) is 23.1 Å². The molecule has 1 amide bonds. The molecule has 0 radical (unpaired) electrons. The third-order valence-electron chi connectivity index (χ3n) is 3.86. The highest BCUT2D eigenvalue weighted by molar-refractivity contribution is 6.31. The molecule has 7 heteroatoms. The molecule has 0 unspecified atom stereocenters. The van der Waals surface area contributed by atoms with E-state index in [1.807, 2.05) is 13.8 Å². The second-order valence-corrected chi connectivity index (χ2v) is 6.33. The molecule has 2 heterocycles. The molecule has 1 fully saturated rings. The Morgan fingerprint density at radius 3 is 2.74 bits per heavy atom. The lowest BCUT2D eigenvalue weighted by molar-refractivity contribution is -0.143. The van der Waals surface area contributed by atoms with Crippen molar-refractivity contribution in [3.8, 4) is 0 Å². The van der Waals surface area contributed by atoms with Crippen LogP contribution in [-0.2, 0) is 16.1 Å². The number of nitrogens with zero attached hydrogens (tertiary/aromatic N) is 3. The van der Waals surface area contributed by atoms with E-state index in [2.05, 4.69) is 4.98 Å². The molecule has 6 nitrogen and oxygen atoms in total. The van der Waals surface area contributed by atoms with Crippen LogP contribution in [0.25, 0.3) is 10.9 Å². The Balaban J connectivity index is 1.85. The summed E-state index contributed by atoms with van der Waals surface area (Å²) >= 11 is 5.94. The number of aromatic nitrogens is 2. The van der Waals surface area contributed by atoms with Gasteiger partial charge < -0.3 is 9.64 Å². The lowest BCUT2D eigenvalue weighted by Gasteiger charge is -2.35. The third kappa shape index (κ3) is 3.38. The Labute approximate surface area is 138 Å². The Morgan fingerprint density at radius 1 is 1.35 bits per heavy atom. The van der Waals surface area contributed by atoms with Gasteiger partial charge in [0.05, 0.1) is 29.4 Å². The molecule has 0 bridgehead atoms. The van der Waals surface area contributed by atoms with Crippen molar-refractivity contribution in [3.63, 3.8) is 0 Å². The summed E-state index contributed by atoms with van der Waals surface area (Å²) in [4.78, 5) is 30.9. The topological polar surface area (TPSA) is 64.4 Å². The highest BCUT2D eigenvalue weighted by Crippen LogP contribution is 2.14. The number of carbonyl (C=O) groups excluding carboxylic acids is 1. The van der Waals surface area contributed by atoms with Gasteiger partial charge in [0.1, 0.15) is 6.54 Å². The molecule has 2 aromatic rings. The number of carbonyl (C=O) groups is 1. The summed E-state index contributed by atoms with van der Waals surface area (Å²) in [5.41, 5.74) is 0.303. The fraction of sp³-hybridized carbons (Fsp3) is 0.438. The van der Waals surface area contributed by atoms with Crippen molar-refractivity contribution in [1.82, 2.24) is 14.5 Å². The minimum Gasteiger partial charge on any atom is -0.372 e. The first-order valence-corrected chi connectivity index (χ1v) is 7.90. The van der Waals surface area contributed by atoms with E-state index in [4.69, 9.17) is 16.3 Å². The summed E-state index contributed by atoms with van der Waals surface area (Å²) in [7, 11) is 0. The standard InChI is InChI=1S/C16H18ClN3O3/c1-10-6-19(7-11(2)23-10)15(21)8-20-9-18-14-4-3-12(17)5-13(14)16(20)22/h3-5,9-11H,6-8H2,1-2H3/t10-,11-/m0/s1. The van der Waals surface area contributed by atoms with Crippen molar-refractivity contribution in [2.45, 2.75) is 32.6 Å². The van der Waals surface area contributed by atoms with Crippen LogP contribution in [0.4, 0.5) is 0 Å². The molecule has 1 aliphatic rings. The van der Waals surface area contributed by atoms with Crippen LogP contribution in [0.1, 0.15) is 13.8 Å². The van der Waals surface area contributed by atoms with Crippen LogP contribution < -0.4 is 5.56 Å². The van der Waals surface area contributed by atoms with Crippen molar-refractivity contribution in [3.05, 3.63) is 39.9 Å². The van der Waals surface area contributed by atoms with Gasteiger partial charge in [-0.3, -0.25) is 14.2 Å². The van der Waals surface area contributed by atoms with Crippen LogP contribution in [0.5, 0.6) is 0 Å². The lowest BCUT2D eigenvalue weighted by Crippen LogP contribution is -2.49. The second kappa shape index (κ2) is 6.29. The number of hydrogen-bond acceptors (Lipinski definition) is 4. The van der Waals surface area contributed by atoms with E-state index >= 15 is 0 Å². The molecule has 1 aromatic carbocycles. The number of ether oxygens (including phenoxy) is 1. The molecule has 1 aliphatic heterocycles. The zero-order valence-electron chi connectivity index (χ0n) is 13.0. The zero-order chi connectivity index (χ0) is 16.6. The van der Waals surface area contributed by atoms with Crippen LogP contribution in [0.3, 0.4) is 0 Å². The van der Waals surface area contributed by atoms with Gasteiger partial charge in [-0.1, -0.05) is 11.6 Å². The summed E-state index contributed by atoms with van der Waals surface area (Å²) in [6.45, 7) is 4.90. The summed E-state index contributed by atoms with van der Waals surface area (Å²) in [6, 6.07) is 4.95. The van der Waals surface area contributed by atoms with E-state index in [1.165, 1.54) is 10.9 Å². The second-order valence-electron chi connectivity index (χ2n) is 5.90. The molecule has 122 valence electrons. The monoisotopic (exact) mass is 335 g/mol. The Bertz CT molecular complexity index is 795. The van der Waals surface area contributed by atoms with Gasteiger partial charge in [0.15, 0.2) is 0 Å². The predicted octanol–water partition coefficient (Wildman–Crippen LogP) is 1.69. The van der Waals surface area contributed by atoms with Crippen molar-refractivity contribution in [2.24, 2.45) is 0 Å². The SMILES string of the molecule is C[C@H]1CN(C(=O)Cn2cnc3ccc(Cl)cc3c2=O)C[C@H](C)O1. The van der Waals surface area contributed by atoms with Crippen LogP contribution in [0.15, 0.2) is 29.3 Å². The van der Waals surface area contributed by atoms with Crippen molar-refractivity contribution in [1.29, 1.82) is 0 Å². The molecule has 0 spiro atoms. The molecule has 1 aromatic heterocycles. The Kier molecular flexibility index (Phi) is 4.37. The number of fused-ring (bicyclic) bond motifs is 1. The van der Waals surface area contributed by atoms with Gasteiger partial charge in [0.25, 0.3) is 5.56 Å². The summed E-state index contributed by atoms with van der Waals surface area (Å²) in [5.74, 6) is -0.114. The van der Waals surface area contributed by atoms with E-state index < -0.39 is 0 Å². The van der Waals surface area contributed by atoms with Crippen molar-refractivity contribution >= 4 is 28.4 Å². The van der Waals surface area contributed by atoms with Crippen LogP contribution in [0, 0.1) is 0 Å². The molecule has 0 aliphatic carbocycles. The van der Waals surface area contributed by atoms with Crippen LogP contribution >= 0.6 is 11.6 Å². The number of morpholine rings is 1. The average Bonchev–Trinajstić information content (AvgIpc) is 2.49. The minimum atomic E-state index is -0.264. The van der Waals surface area contributed by atoms with Crippen molar-refractivity contribution in [2.75, 3.05) is 13.1 Å². The van der Waals surface area contributed by atoms with Gasteiger partial charge in [-0.25, -0.2) is 4.98 Å². The van der Waals surface area contributed by atoms with Gasteiger partial charge in [-0.2, -0.15) is 0 Å². The number of hydrogen-bond donors (Lipinski definition) is 0. The zero-order valence-corrected chi connectivity index (χ0v) is 13.8. The molecule has 0 saturated carbocycles. The van der Waals surface area contributed by atoms with Gasteiger partial charge in [0, 0.05) is 18.1 Å². The van der Waals surface area contributed by atoms with E-state index in [0.29, 0.717) is 29.0 Å². The smallest absolute Gasteiger partial charge is 0.261 e. The number of halogens is 1. The third-order valence-corrected chi connectivity index (χ3v) is 4.10. The maximum atomic E-state index is 12.5. The first-order chi connectivity index (χ1) is 10.9. The maximum Gasteiger partial charge on any atom is 0.261 e. The molecule has 1 saturated heterocycles. The summed E-state index contributed by atoms with van der Waals surface area (Å²) < 4.78 is 6.95. The van der Waals surface area contributed by atoms with E-state index in [-0.39, 0.29) is 30.2 Å². The first kappa shape index (κ1) is 16.0. The Morgan fingerprint density at radius 2 is 2.04 bits per heavy atom. The predicted molar refractivity (Wildman–Crippen MR) is 87.6 cm³/mol. The molecular weight excluding hydrogens is 318 g/mol. The molecule has 2 atom stereocenters. The molecule has 3 rings (SSSR count).